The predicted molar refractivity (Wildman–Crippen MR) is 135 cm³/mol. The van der Waals surface area contributed by atoms with Crippen molar-refractivity contribution in [1.82, 2.24) is 9.47 Å². The first-order valence-electron chi connectivity index (χ1n) is 10.3. The minimum Gasteiger partial charge on any atom is -0.492 e. The molecule has 5 nitrogen and oxygen atoms in total. The number of ether oxygens (including phenoxy) is 2. The second-order valence-electron chi connectivity index (χ2n) is 7.25. The van der Waals surface area contributed by atoms with E-state index in [2.05, 4.69) is 22.9 Å². The van der Waals surface area contributed by atoms with Gasteiger partial charge in [0.05, 0.1) is 29.7 Å². The van der Waals surface area contributed by atoms with Crippen molar-refractivity contribution in [3.8, 4) is 5.75 Å². The predicted octanol–water partition coefficient (Wildman–Crippen LogP) is 5.61. The number of hydrogen-bond acceptors (Lipinski definition) is 5. The lowest BCUT2D eigenvalue weighted by Gasteiger charge is -2.12. The molecule has 1 fully saturated rings. The Hall–Kier alpha value is -2.32. The van der Waals surface area contributed by atoms with Crippen molar-refractivity contribution in [2.45, 2.75) is 13.0 Å². The van der Waals surface area contributed by atoms with Gasteiger partial charge in [0.1, 0.15) is 10.1 Å². The summed E-state index contributed by atoms with van der Waals surface area (Å²) in [6, 6.07) is 15.7. The lowest BCUT2D eigenvalue weighted by molar-refractivity contribution is -0.122. The molecule has 2 aromatic carbocycles. The van der Waals surface area contributed by atoms with Crippen molar-refractivity contribution in [3.63, 3.8) is 0 Å². The van der Waals surface area contributed by atoms with Gasteiger partial charge in [0.15, 0.2) is 0 Å². The second-order valence-corrected chi connectivity index (χ2v) is 9.34. The number of benzene rings is 2. The summed E-state index contributed by atoms with van der Waals surface area (Å²) < 4.78 is 13.7. The number of nitrogens with zero attached hydrogens (tertiary/aromatic N) is 2. The molecule has 1 aliphatic heterocycles. The molecule has 0 aliphatic carbocycles. The Kier molecular flexibility index (Phi) is 7.52. The molecule has 3 aromatic rings. The fourth-order valence-electron chi connectivity index (χ4n) is 3.57. The largest absolute Gasteiger partial charge is 0.492 e. The Bertz CT molecular complexity index is 1180. The van der Waals surface area contributed by atoms with Crippen LogP contribution in [0, 0.1) is 0 Å². The average Bonchev–Trinajstić information content (AvgIpc) is 3.28. The minimum absolute atomic E-state index is 0.0676. The third-order valence-corrected chi connectivity index (χ3v) is 6.83. The summed E-state index contributed by atoms with van der Waals surface area (Å²) in [4.78, 5) is 15.0. The highest BCUT2D eigenvalue weighted by molar-refractivity contribution is 8.26. The maximum Gasteiger partial charge on any atom is 0.266 e. The highest BCUT2D eigenvalue weighted by Crippen LogP contribution is 2.34. The molecule has 0 spiro atoms. The van der Waals surface area contributed by atoms with Crippen LogP contribution in [0.1, 0.15) is 12.0 Å². The van der Waals surface area contributed by atoms with Gasteiger partial charge < -0.3 is 14.0 Å². The molecule has 1 aromatic heterocycles. The molecule has 0 unspecified atom stereocenters. The Labute approximate surface area is 201 Å². The fourth-order valence-corrected chi connectivity index (χ4v) is 5.06. The van der Waals surface area contributed by atoms with E-state index in [1.165, 1.54) is 11.8 Å². The van der Waals surface area contributed by atoms with E-state index < -0.39 is 0 Å². The Morgan fingerprint density at radius 3 is 2.69 bits per heavy atom. The fraction of sp³-hybridized carbons (Fsp3) is 0.250. The number of amides is 1. The van der Waals surface area contributed by atoms with E-state index in [9.17, 15) is 4.79 Å². The summed E-state index contributed by atoms with van der Waals surface area (Å²) in [5.41, 5.74) is 2.12. The molecule has 0 atom stereocenters. The smallest absolute Gasteiger partial charge is 0.266 e. The van der Waals surface area contributed by atoms with Crippen LogP contribution >= 0.6 is 35.6 Å². The number of aromatic nitrogens is 1. The number of carbonyl (C=O) groups excluding carboxylic acids is 1. The molecule has 4 rings (SSSR count). The van der Waals surface area contributed by atoms with Gasteiger partial charge in [0, 0.05) is 36.3 Å². The summed E-state index contributed by atoms with van der Waals surface area (Å²) in [6.45, 7) is 2.26. The molecule has 166 valence electrons. The molecule has 2 heterocycles. The number of thiocarbonyl (C=S) groups is 1. The molecule has 32 heavy (non-hydrogen) atoms. The van der Waals surface area contributed by atoms with Crippen molar-refractivity contribution in [3.05, 3.63) is 70.2 Å². The van der Waals surface area contributed by atoms with Crippen LogP contribution in [0.15, 0.2) is 59.6 Å². The van der Waals surface area contributed by atoms with E-state index in [4.69, 9.17) is 33.3 Å². The van der Waals surface area contributed by atoms with E-state index in [1.807, 2.05) is 42.5 Å². The van der Waals surface area contributed by atoms with Gasteiger partial charge in [0.2, 0.25) is 0 Å². The van der Waals surface area contributed by atoms with Crippen LogP contribution in [0.5, 0.6) is 5.75 Å². The number of thioether (sulfide) groups is 1. The highest BCUT2D eigenvalue weighted by atomic mass is 35.5. The molecule has 1 saturated heterocycles. The lowest BCUT2D eigenvalue weighted by atomic mass is 10.1. The molecular weight excluding hydrogens is 464 g/mol. The van der Waals surface area contributed by atoms with E-state index >= 15 is 0 Å². The summed E-state index contributed by atoms with van der Waals surface area (Å²) >= 11 is 12.9. The lowest BCUT2D eigenvalue weighted by Crippen LogP contribution is -2.31. The van der Waals surface area contributed by atoms with Gasteiger partial charge in [-0.25, -0.2) is 0 Å². The third-order valence-electron chi connectivity index (χ3n) is 5.14. The van der Waals surface area contributed by atoms with Gasteiger partial charge in [-0.1, -0.05) is 65.9 Å². The monoisotopic (exact) mass is 486 g/mol. The van der Waals surface area contributed by atoms with Gasteiger partial charge in [0.25, 0.3) is 5.91 Å². The number of fused-ring (bicyclic) bond motifs is 1. The van der Waals surface area contributed by atoms with Crippen LogP contribution in [0.2, 0.25) is 5.02 Å². The van der Waals surface area contributed by atoms with Crippen molar-refractivity contribution in [2.75, 3.05) is 26.9 Å². The number of halogens is 1. The van der Waals surface area contributed by atoms with E-state index in [1.54, 1.807) is 12.0 Å². The molecule has 8 heteroatoms. The standard InChI is InChI=1S/C24H23ClN2O3S2/c1-29-14-12-27-23(28)22(32-24(27)31)15-17-16-26(20-9-4-2-7-18(17)20)11-6-13-30-21-10-5-3-8-19(21)25/h2-5,7-10,15-16H,6,11-14H2,1H3/b22-15-. The first kappa shape index (κ1) is 22.9. The number of methoxy groups -OCH3 is 1. The maximum absolute atomic E-state index is 12.8. The quantitative estimate of drug-likeness (QED) is 0.223. The number of carbonyl (C=O) groups is 1. The molecule has 0 N–H and O–H groups in total. The van der Waals surface area contributed by atoms with Crippen molar-refractivity contribution in [1.29, 1.82) is 0 Å². The van der Waals surface area contributed by atoms with E-state index in [0.29, 0.717) is 39.8 Å². The maximum atomic E-state index is 12.8. The zero-order valence-electron chi connectivity index (χ0n) is 17.6. The number of rotatable bonds is 9. The average molecular weight is 487 g/mol. The third kappa shape index (κ3) is 5.02. The summed E-state index contributed by atoms with van der Waals surface area (Å²) in [7, 11) is 1.61. The molecule has 0 bridgehead atoms. The van der Waals surface area contributed by atoms with Gasteiger partial charge in [-0.3, -0.25) is 9.69 Å². The van der Waals surface area contributed by atoms with Crippen LogP contribution in [-0.4, -0.2) is 46.6 Å². The zero-order valence-corrected chi connectivity index (χ0v) is 20.0. The Morgan fingerprint density at radius 2 is 1.88 bits per heavy atom. The Balaban J connectivity index is 1.49. The second kappa shape index (κ2) is 10.5. The first-order chi connectivity index (χ1) is 15.6. The topological polar surface area (TPSA) is 43.7 Å². The highest BCUT2D eigenvalue weighted by Gasteiger charge is 2.31. The van der Waals surface area contributed by atoms with Gasteiger partial charge in [-0.05, 0) is 30.7 Å². The van der Waals surface area contributed by atoms with Crippen molar-refractivity contribution < 1.29 is 14.3 Å². The molecular formula is C24H23ClN2O3S2. The van der Waals surface area contributed by atoms with E-state index in [-0.39, 0.29) is 5.91 Å². The summed E-state index contributed by atoms with van der Waals surface area (Å²) in [5.74, 6) is 0.629. The number of aryl methyl sites for hydroxylation is 1. The number of hydrogen-bond donors (Lipinski definition) is 0. The van der Waals surface area contributed by atoms with E-state index in [0.717, 1.165) is 29.4 Å². The molecule has 0 saturated carbocycles. The van der Waals surface area contributed by atoms with Gasteiger partial charge >= 0.3 is 0 Å². The van der Waals surface area contributed by atoms with Crippen LogP contribution in [-0.2, 0) is 16.1 Å². The molecule has 1 amide bonds. The summed E-state index contributed by atoms with van der Waals surface area (Å²) in [5, 5.41) is 1.71. The van der Waals surface area contributed by atoms with Crippen molar-refractivity contribution >= 4 is 62.8 Å². The summed E-state index contributed by atoms with van der Waals surface area (Å²) in [6.07, 6.45) is 4.84. The normalized spacial score (nSPS) is 15.3. The minimum atomic E-state index is -0.0676. The van der Waals surface area contributed by atoms with Gasteiger partial charge in [-0.15, -0.1) is 0 Å². The van der Waals surface area contributed by atoms with Crippen LogP contribution < -0.4 is 4.74 Å². The SMILES string of the molecule is COCCN1C(=O)/C(=C/c2cn(CCCOc3ccccc3Cl)c3ccccc23)SC1=S. The molecule has 1 aliphatic rings. The van der Waals surface area contributed by atoms with Crippen LogP contribution in [0.25, 0.3) is 17.0 Å². The van der Waals surface area contributed by atoms with Gasteiger partial charge in [-0.2, -0.15) is 0 Å². The Morgan fingerprint density at radius 1 is 1.09 bits per heavy atom. The van der Waals surface area contributed by atoms with Crippen molar-refractivity contribution in [2.24, 2.45) is 0 Å². The zero-order chi connectivity index (χ0) is 22.5. The number of para-hydroxylation sites is 2. The van der Waals surface area contributed by atoms with Crippen LogP contribution in [0.4, 0.5) is 0 Å². The first-order valence-corrected chi connectivity index (χ1v) is 11.9. The van der Waals surface area contributed by atoms with Crippen LogP contribution in [0.3, 0.4) is 0 Å². The molecule has 0 radical (unpaired) electrons.